The first-order valence-corrected chi connectivity index (χ1v) is 7.71. The average Bonchev–Trinajstić information content (AvgIpc) is 2.86. The van der Waals surface area contributed by atoms with Gasteiger partial charge in [0, 0.05) is 19.3 Å². The summed E-state index contributed by atoms with van der Waals surface area (Å²) in [6.45, 7) is 5.88. The Morgan fingerprint density at radius 3 is 2.83 bits per heavy atom. The van der Waals surface area contributed by atoms with E-state index < -0.39 is 0 Å². The van der Waals surface area contributed by atoms with Crippen molar-refractivity contribution in [3.63, 3.8) is 0 Å². The predicted molar refractivity (Wildman–Crippen MR) is 89.9 cm³/mol. The van der Waals surface area contributed by atoms with Crippen molar-refractivity contribution >= 4 is 22.6 Å². The van der Waals surface area contributed by atoms with E-state index in [1.165, 1.54) is 4.40 Å². The fourth-order valence-electron chi connectivity index (χ4n) is 2.59. The SMILES string of the molecule is CC[C@@H](C)NC(=O)c1cc2c(=O)n3cc(C)ccc3nc2n1C. The minimum atomic E-state index is -0.190. The quantitative estimate of drug-likeness (QED) is 0.804. The molecule has 3 aromatic rings. The Morgan fingerprint density at radius 1 is 1.39 bits per heavy atom. The molecule has 0 saturated carbocycles. The maximum absolute atomic E-state index is 12.7. The molecule has 3 rings (SSSR count). The molecule has 3 heterocycles. The van der Waals surface area contributed by atoms with E-state index in [4.69, 9.17) is 0 Å². The molecule has 120 valence electrons. The second-order valence-corrected chi connectivity index (χ2v) is 5.96. The summed E-state index contributed by atoms with van der Waals surface area (Å²) in [7, 11) is 1.75. The molecular weight excluding hydrogens is 292 g/mol. The monoisotopic (exact) mass is 312 g/mol. The zero-order valence-electron chi connectivity index (χ0n) is 13.8. The number of aromatic nitrogens is 3. The van der Waals surface area contributed by atoms with Crippen LogP contribution in [0, 0.1) is 6.92 Å². The van der Waals surface area contributed by atoms with Gasteiger partial charge in [-0.15, -0.1) is 0 Å². The zero-order chi connectivity index (χ0) is 16.7. The Hall–Kier alpha value is -2.63. The summed E-state index contributed by atoms with van der Waals surface area (Å²) in [5.41, 5.74) is 2.35. The summed E-state index contributed by atoms with van der Waals surface area (Å²) >= 11 is 0. The van der Waals surface area contributed by atoms with Crippen LogP contribution in [-0.2, 0) is 7.05 Å². The highest BCUT2D eigenvalue weighted by Gasteiger charge is 2.18. The molecule has 3 aromatic heterocycles. The molecule has 0 spiro atoms. The number of amides is 1. The molecule has 0 bridgehead atoms. The van der Waals surface area contributed by atoms with Crippen LogP contribution in [0.4, 0.5) is 0 Å². The maximum Gasteiger partial charge on any atom is 0.268 e. The first-order chi connectivity index (χ1) is 10.9. The highest BCUT2D eigenvalue weighted by molar-refractivity contribution is 5.98. The Balaban J connectivity index is 2.22. The molecule has 1 N–H and O–H groups in total. The standard InChI is InChI=1S/C17H20N4O2/c1-5-11(3)18-16(22)13-8-12-15(20(13)4)19-14-7-6-10(2)9-21(14)17(12)23/h6-9,11H,5H2,1-4H3,(H,18,22)/t11-/m1/s1. The first kappa shape index (κ1) is 15.3. The lowest BCUT2D eigenvalue weighted by atomic mass is 10.2. The van der Waals surface area contributed by atoms with Crippen LogP contribution >= 0.6 is 0 Å². The lowest BCUT2D eigenvalue weighted by Gasteiger charge is -2.11. The van der Waals surface area contributed by atoms with E-state index >= 15 is 0 Å². The van der Waals surface area contributed by atoms with Crippen LogP contribution in [0.15, 0.2) is 29.2 Å². The van der Waals surface area contributed by atoms with E-state index in [2.05, 4.69) is 10.3 Å². The van der Waals surface area contributed by atoms with Crippen molar-refractivity contribution < 1.29 is 4.79 Å². The molecule has 0 saturated heterocycles. The van der Waals surface area contributed by atoms with Gasteiger partial charge >= 0.3 is 0 Å². The van der Waals surface area contributed by atoms with Gasteiger partial charge < -0.3 is 9.88 Å². The Morgan fingerprint density at radius 2 is 2.13 bits per heavy atom. The van der Waals surface area contributed by atoms with Crippen LogP contribution in [0.1, 0.15) is 36.3 Å². The highest BCUT2D eigenvalue weighted by atomic mass is 16.2. The number of carbonyl (C=O) groups excluding carboxylic acids is 1. The Kier molecular flexibility index (Phi) is 3.67. The van der Waals surface area contributed by atoms with Crippen LogP contribution in [0.3, 0.4) is 0 Å². The van der Waals surface area contributed by atoms with E-state index in [1.54, 1.807) is 23.9 Å². The molecule has 1 atom stereocenters. The fraction of sp³-hybridized carbons (Fsp3) is 0.353. The molecule has 0 unspecified atom stereocenters. The fourth-order valence-corrected chi connectivity index (χ4v) is 2.59. The first-order valence-electron chi connectivity index (χ1n) is 7.71. The van der Waals surface area contributed by atoms with Crippen molar-refractivity contribution in [3.05, 3.63) is 46.0 Å². The number of nitrogens with zero attached hydrogens (tertiary/aromatic N) is 3. The van der Waals surface area contributed by atoms with Crippen LogP contribution < -0.4 is 10.9 Å². The second-order valence-electron chi connectivity index (χ2n) is 5.96. The molecule has 23 heavy (non-hydrogen) atoms. The minimum Gasteiger partial charge on any atom is -0.348 e. The van der Waals surface area contributed by atoms with Gasteiger partial charge in [-0.05, 0) is 38.0 Å². The van der Waals surface area contributed by atoms with Crippen molar-refractivity contribution in [2.45, 2.75) is 33.2 Å². The van der Waals surface area contributed by atoms with Gasteiger partial charge in [-0.2, -0.15) is 0 Å². The van der Waals surface area contributed by atoms with Gasteiger partial charge in [0.25, 0.3) is 11.5 Å². The maximum atomic E-state index is 12.7. The van der Waals surface area contributed by atoms with Crippen molar-refractivity contribution in [1.82, 2.24) is 19.3 Å². The van der Waals surface area contributed by atoms with Gasteiger partial charge in [0.2, 0.25) is 0 Å². The van der Waals surface area contributed by atoms with Gasteiger partial charge in [0.15, 0.2) is 0 Å². The molecule has 6 nitrogen and oxygen atoms in total. The topological polar surface area (TPSA) is 68.4 Å². The van der Waals surface area contributed by atoms with Crippen molar-refractivity contribution in [1.29, 1.82) is 0 Å². The number of carbonyl (C=O) groups is 1. The van der Waals surface area contributed by atoms with Crippen LogP contribution in [-0.4, -0.2) is 25.9 Å². The number of aryl methyl sites for hydroxylation is 2. The van der Waals surface area contributed by atoms with Gasteiger partial charge in [-0.25, -0.2) is 4.98 Å². The third-order valence-corrected chi connectivity index (χ3v) is 4.17. The van der Waals surface area contributed by atoms with Crippen LogP contribution in [0.2, 0.25) is 0 Å². The van der Waals surface area contributed by atoms with E-state index in [0.717, 1.165) is 12.0 Å². The van der Waals surface area contributed by atoms with Crippen molar-refractivity contribution in [2.24, 2.45) is 7.05 Å². The predicted octanol–water partition coefficient (Wildman–Crippen LogP) is 2.02. The van der Waals surface area contributed by atoms with Gasteiger partial charge in [0.05, 0.1) is 5.39 Å². The minimum absolute atomic E-state index is 0.0799. The molecule has 0 aliphatic carbocycles. The molecule has 6 heteroatoms. The summed E-state index contributed by atoms with van der Waals surface area (Å²) in [4.78, 5) is 29.6. The molecule has 0 radical (unpaired) electrons. The average molecular weight is 312 g/mol. The van der Waals surface area contributed by atoms with Gasteiger partial charge in [0.1, 0.15) is 17.0 Å². The highest BCUT2D eigenvalue weighted by Crippen LogP contribution is 2.15. The van der Waals surface area contributed by atoms with Crippen molar-refractivity contribution in [2.75, 3.05) is 0 Å². The smallest absolute Gasteiger partial charge is 0.268 e. The summed E-state index contributed by atoms with van der Waals surface area (Å²) in [5.74, 6) is -0.190. The number of rotatable bonds is 3. The zero-order valence-corrected chi connectivity index (χ0v) is 13.8. The lowest BCUT2D eigenvalue weighted by molar-refractivity contribution is 0.0931. The Bertz CT molecular complexity index is 968. The van der Waals surface area contributed by atoms with E-state index in [-0.39, 0.29) is 17.5 Å². The normalized spacial score (nSPS) is 12.7. The van der Waals surface area contributed by atoms with Gasteiger partial charge in [-0.1, -0.05) is 13.0 Å². The summed E-state index contributed by atoms with van der Waals surface area (Å²) in [6.07, 6.45) is 2.61. The van der Waals surface area contributed by atoms with Crippen molar-refractivity contribution in [3.8, 4) is 0 Å². The number of hydrogen-bond donors (Lipinski definition) is 1. The van der Waals surface area contributed by atoms with E-state index in [1.807, 2.05) is 32.9 Å². The molecular formula is C17H20N4O2. The number of fused-ring (bicyclic) bond motifs is 2. The molecule has 1 amide bonds. The Labute approximate surface area is 133 Å². The van der Waals surface area contributed by atoms with E-state index in [0.29, 0.717) is 22.4 Å². The molecule has 0 aliphatic rings. The third-order valence-electron chi connectivity index (χ3n) is 4.17. The lowest BCUT2D eigenvalue weighted by Crippen LogP contribution is -2.33. The summed E-state index contributed by atoms with van der Waals surface area (Å²) in [6, 6.07) is 5.42. The summed E-state index contributed by atoms with van der Waals surface area (Å²) in [5, 5.41) is 3.37. The largest absolute Gasteiger partial charge is 0.348 e. The number of pyridine rings is 1. The molecule has 0 aromatic carbocycles. The second kappa shape index (κ2) is 5.53. The number of hydrogen-bond acceptors (Lipinski definition) is 3. The van der Waals surface area contributed by atoms with Crippen LogP contribution in [0.5, 0.6) is 0 Å². The molecule has 0 fully saturated rings. The number of nitrogens with one attached hydrogen (secondary N) is 1. The third kappa shape index (κ3) is 2.50. The van der Waals surface area contributed by atoms with Crippen LogP contribution in [0.25, 0.3) is 16.7 Å². The summed E-state index contributed by atoms with van der Waals surface area (Å²) < 4.78 is 3.20. The molecule has 0 aliphatic heterocycles. The van der Waals surface area contributed by atoms with E-state index in [9.17, 15) is 9.59 Å². The van der Waals surface area contributed by atoms with Gasteiger partial charge in [-0.3, -0.25) is 14.0 Å².